The van der Waals surface area contributed by atoms with Gasteiger partial charge in [-0.15, -0.1) is 0 Å². The highest BCUT2D eigenvalue weighted by molar-refractivity contribution is 5.93. The van der Waals surface area contributed by atoms with Gasteiger partial charge in [0.2, 0.25) is 0 Å². The highest BCUT2D eigenvalue weighted by Gasteiger charge is 2.39. The second-order valence-electron chi connectivity index (χ2n) is 2.73. The van der Waals surface area contributed by atoms with E-state index in [2.05, 4.69) is 14.5 Å². The molecule has 0 spiro atoms. The average molecular weight is 235 g/mol. The first-order chi connectivity index (χ1) is 7.41. The van der Waals surface area contributed by atoms with Crippen LogP contribution in [0.2, 0.25) is 0 Å². The lowest BCUT2D eigenvalue weighted by Gasteiger charge is -2.12. The molecule has 0 radical (unpaired) electrons. The quantitative estimate of drug-likeness (QED) is 0.734. The van der Waals surface area contributed by atoms with E-state index in [1.807, 2.05) is 0 Å². The normalized spacial score (nSPS) is 11.1. The predicted molar refractivity (Wildman–Crippen MR) is 47.1 cm³/mol. The minimum Gasteiger partial charge on any atom is -0.496 e. The number of pyridine rings is 1. The molecule has 0 saturated heterocycles. The van der Waals surface area contributed by atoms with E-state index in [-0.39, 0.29) is 5.75 Å². The topological polar surface area (TPSA) is 48.4 Å². The summed E-state index contributed by atoms with van der Waals surface area (Å²) in [7, 11) is 2.14. The Morgan fingerprint density at radius 1 is 1.38 bits per heavy atom. The molecule has 16 heavy (non-hydrogen) atoms. The van der Waals surface area contributed by atoms with Crippen LogP contribution >= 0.6 is 0 Å². The largest absolute Gasteiger partial charge is 0.496 e. The number of ether oxygens (including phenoxy) is 2. The summed E-state index contributed by atoms with van der Waals surface area (Å²) in [6.45, 7) is 0. The Morgan fingerprint density at radius 2 is 2.00 bits per heavy atom. The molecule has 0 amide bonds. The van der Waals surface area contributed by atoms with Crippen molar-refractivity contribution in [1.82, 2.24) is 4.98 Å². The standard InChI is InChI=1S/C9H8F3NO3/c1-15-5-3-4-13-7(9(10,11)12)6(5)8(14)16-2/h3-4H,1-2H3. The van der Waals surface area contributed by atoms with Crippen LogP contribution in [-0.4, -0.2) is 25.2 Å². The molecule has 0 saturated carbocycles. The Morgan fingerprint density at radius 3 is 2.44 bits per heavy atom. The summed E-state index contributed by atoms with van der Waals surface area (Å²) in [5.74, 6) is -1.37. The van der Waals surface area contributed by atoms with Crippen LogP contribution in [0.15, 0.2) is 12.3 Å². The number of aromatic nitrogens is 1. The van der Waals surface area contributed by atoms with Gasteiger partial charge in [-0.1, -0.05) is 0 Å². The number of carbonyl (C=O) groups is 1. The Kier molecular flexibility index (Phi) is 3.36. The molecule has 0 N–H and O–H groups in total. The van der Waals surface area contributed by atoms with Crippen molar-refractivity contribution in [2.45, 2.75) is 6.18 Å². The van der Waals surface area contributed by atoms with Gasteiger partial charge in [0.15, 0.2) is 5.69 Å². The zero-order valence-electron chi connectivity index (χ0n) is 8.46. The number of rotatable bonds is 2. The van der Waals surface area contributed by atoms with Crippen LogP contribution in [-0.2, 0) is 10.9 Å². The van der Waals surface area contributed by atoms with E-state index in [1.54, 1.807) is 0 Å². The first-order valence-electron chi connectivity index (χ1n) is 4.10. The monoisotopic (exact) mass is 235 g/mol. The Balaban J connectivity index is 3.44. The van der Waals surface area contributed by atoms with Gasteiger partial charge >= 0.3 is 12.1 Å². The number of halogens is 3. The molecule has 0 aromatic carbocycles. The molecule has 0 fully saturated rings. The average Bonchev–Trinajstić information content (AvgIpc) is 2.25. The van der Waals surface area contributed by atoms with Gasteiger partial charge in [0.1, 0.15) is 11.3 Å². The van der Waals surface area contributed by atoms with E-state index in [0.717, 1.165) is 26.5 Å². The number of hydrogen-bond acceptors (Lipinski definition) is 4. The third kappa shape index (κ3) is 2.23. The van der Waals surface area contributed by atoms with Gasteiger partial charge in [-0.05, 0) is 6.07 Å². The number of nitrogens with zero attached hydrogens (tertiary/aromatic N) is 1. The fourth-order valence-electron chi connectivity index (χ4n) is 1.13. The summed E-state index contributed by atoms with van der Waals surface area (Å²) < 4.78 is 46.5. The number of alkyl halides is 3. The van der Waals surface area contributed by atoms with E-state index in [0.29, 0.717) is 0 Å². The van der Waals surface area contributed by atoms with Crippen molar-refractivity contribution in [3.8, 4) is 5.75 Å². The number of esters is 1. The molecule has 7 heteroatoms. The van der Waals surface area contributed by atoms with Gasteiger partial charge in [-0.3, -0.25) is 4.98 Å². The molecule has 0 aliphatic heterocycles. The van der Waals surface area contributed by atoms with Gasteiger partial charge in [0.25, 0.3) is 0 Å². The molecule has 0 aliphatic rings. The van der Waals surface area contributed by atoms with E-state index < -0.39 is 23.4 Å². The molecule has 1 aromatic heterocycles. The maximum atomic E-state index is 12.5. The van der Waals surface area contributed by atoms with Crippen molar-refractivity contribution in [3.05, 3.63) is 23.5 Å². The van der Waals surface area contributed by atoms with Crippen molar-refractivity contribution >= 4 is 5.97 Å². The minimum absolute atomic E-state index is 0.228. The molecule has 1 aromatic rings. The van der Waals surface area contributed by atoms with E-state index in [9.17, 15) is 18.0 Å². The SMILES string of the molecule is COC(=O)c1c(OC)ccnc1C(F)(F)F. The van der Waals surface area contributed by atoms with Crippen LogP contribution in [0.1, 0.15) is 16.1 Å². The lowest BCUT2D eigenvalue weighted by molar-refractivity contribution is -0.141. The molecule has 0 aliphatic carbocycles. The van der Waals surface area contributed by atoms with E-state index in [1.165, 1.54) is 0 Å². The lowest BCUT2D eigenvalue weighted by Crippen LogP contribution is -2.17. The fourth-order valence-corrected chi connectivity index (χ4v) is 1.13. The van der Waals surface area contributed by atoms with Gasteiger partial charge in [0, 0.05) is 6.20 Å². The Hall–Kier alpha value is -1.79. The Bertz CT molecular complexity index is 403. The van der Waals surface area contributed by atoms with Crippen molar-refractivity contribution in [3.63, 3.8) is 0 Å². The van der Waals surface area contributed by atoms with Gasteiger partial charge in [-0.25, -0.2) is 4.79 Å². The summed E-state index contributed by atoms with van der Waals surface area (Å²) >= 11 is 0. The summed E-state index contributed by atoms with van der Waals surface area (Å²) in [5.41, 5.74) is -2.04. The third-order valence-electron chi connectivity index (χ3n) is 1.79. The highest BCUT2D eigenvalue weighted by atomic mass is 19.4. The van der Waals surface area contributed by atoms with Crippen molar-refractivity contribution < 1.29 is 27.4 Å². The van der Waals surface area contributed by atoms with Crippen molar-refractivity contribution in [2.24, 2.45) is 0 Å². The van der Waals surface area contributed by atoms with Gasteiger partial charge < -0.3 is 9.47 Å². The summed E-state index contributed by atoms with van der Waals surface area (Å²) in [6, 6.07) is 1.15. The van der Waals surface area contributed by atoms with Crippen LogP contribution in [0.3, 0.4) is 0 Å². The first kappa shape index (κ1) is 12.3. The van der Waals surface area contributed by atoms with Crippen molar-refractivity contribution in [2.75, 3.05) is 14.2 Å². The molecule has 1 rings (SSSR count). The van der Waals surface area contributed by atoms with E-state index >= 15 is 0 Å². The van der Waals surface area contributed by atoms with Crippen molar-refractivity contribution in [1.29, 1.82) is 0 Å². The first-order valence-corrected chi connectivity index (χ1v) is 4.10. The molecule has 1 heterocycles. The fraction of sp³-hybridized carbons (Fsp3) is 0.333. The Labute approximate surface area is 89.0 Å². The molecular formula is C9H8F3NO3. The van der Waals surface area contributed by atoms with Crippen LogP contribution < -0.4 is 4.74 Å². The van der Waals surface area contributed by atoms with Gasteiger partial charge in [0.05, 0.1) is 14.2 Å². The number of hydrogen-bond donors (Lipinski definition) is 0. The molecule has 0 atom stereocenters. The molecule has 0 unspecified atom stereocenters. The van der Waals surface area contributed by atoms with E-state index in [4.69, 9.17) is 0 Å². The number of carbonyl (C=O) groups excluding carboxylic acids is 1. The molecule has 88 valence electrons. The molecule has 4 nitrogen and oxygen atoms in total. The predicted octanol–water partition coefficient (Wildman–Crippen LogP) is 1.90. The number of methoxy groups -OCH3 is 2. The third-order valence-corrected chi connectivity index (χ3v) is 1.79. The van der Waals surface area contributed by atoms with Crippen LogP contribution in [0.4, 0.5) is 13.2 Å². The zero-order valence-corrected chi connectivity index (χ0v) is 8.46. The smallest absolute Gasteiger partial charge is 0.434 e. The summed E-state index contributed by atoms with van der Waals surface area (Å²) in [6.07, 6.45) is -3.83. The van der Waals surface area contributed by atoms with Crippen LogP contribution in [0.5, 0.6) is 5.75 Å². The maximum absolute atomic E-state index is 12.5. The second-order valence-corrected chi connectivity index (χ2v) is 2.73. The molecular weight excluding hydrogens is 227 g/mol. The lowest BCUT2D eigenvalue weighted by atomic mass is 10.1. The maximum Gasteiger partial charge on any atom is 0.434 e. The van der Waals surface area contributed by atoms with Crippen LogP contribution in [0, 0.1) is 0 Å². The summed E-state index contributed by atoms with van der Waals surface area (Å²) in [5, 5.41) is 0. The molecule has 0 bridgehead atoms. The minimum atomic E-state index is -4.74. The highest BCUT2D eigenvalue weighted by Crippen LogP contribution is 2.34. The summed E-state index contributed by atoms with van der Waals surface area (Å²) in [4.78, 5) is 14.3. The van der Waals surface area contributed by atoms with Crippen LogP contribution in [0.25, 0.3) is 0 Å². The van der Waals surface area contributed by atoms with Gasteiger partial charge in [-0.2, -0.15) is 13.2 Å². The zero-order chi connectivity index (χ0) is 12.3. The second kappa shape index (κ2) is 4.38.